The number of nitrogens with zero attached hydrogens (tertiary/aromatic N) is 1. The van der Waals surface area contributed by atoms with Crippen molar-refractivity contribution >= 4 is 37.7 Å². The first-order valence-electron chi connectivity index (χ1n) is 6.48. The molecule has 0 fully saturated rings. The monoisotopic (exact) mass is 377 g/mol. The number of nitrogens with one attached hydrogen (secondary N) is 2. The summed E-state index contributed by atoms with van der Waals surface area (Å²) in [5.41, 5.74) is 0.547. The summed E-state index contributed by atoms with van der Waals surface area (Å²) in [5.74, 6) is 0. The minimum Gasteiger partial charge on any atom is -0.336 e. The zero-order valence-electron chi connectivity index (χ0n) is 12.3. The molecule has 2 N–H and O–H groups in total. The van der Waals surface area contributed by atoms with E-state index in [1.54, 1.807) is 18.2 Å². The number of sulfonamides is 1. The van der Waals surface area contributed by atoms with Gasteiger partial charge in [0.05, 0.1) is 18.5 Å². The van der Waals surface area contributed by atoms with Gasteiger partial charge in [-0.05, 0) is 41.9 Å². The van der Waals surface area contributed by atoms with Gasteiger partial charge in [0.2, 0.25) is 10.0 Å². The smallest absolute Gasteiger partial charge is 0.315 e. The average Bonchev–Trinajstić information content (AvgIpc) is 2.33. The summed E-state index contributed by atoms with van der Waals surface area (Å²) in [6.45, 7) is 4.08. The van der Waals surface area contributed by atoms with E-state index in [0.717, 1.165) is 6.26 Å². The van der Waals surface area contributed by atoms with Crippen LogP contribution < -0.4 is 14.9 Å². The van der Waals surface area contributed by atoms with E-state index in [1.165, 1.54) is 4.31 Å². The standard InChI is InChI=1S/C13H20BrN3O3S/c1-10(2)16-13(18)15-8-9-17(21(3,19)20)12-7-5-4-6-11(12)14/h4-7,10H,8-9H2,1-3H3,(H2,15,16,18). The third-order valence-electron chi connectivity index (χ3n) is 2.54. The topological polar surface area (TPSA) is 78.5 Å². The lowest BCUT2D eigenvalue weighted by atomic mass is 10.3. The molecule has 0 heterocycles. The summed E-state index contributed by atoms with van der Waals surface area (Å²) in [7, 11) is -3.43. The molecule has 0 bridgehead atoms. The number of halogens is 1. The van der Waals surface area contributed by atoms with Gasteiger partial charge in [-0.2, -0.15) is 0 Å². The van der Waals surface area contributed by atoms with E-state index >= 15 is 0 Å². The Balaban J connectivity index is 2.74. The zero-order chi connectivity index (χ0) is 16.0. The highest BCUT2D eigenvalue weighted by Gasteiger charge is 2.19. The van der Waals surface area contributed by atoms with Crippen molar-refractivity contribution in [2.75, 3.05) is 23.7 Å². The first kappa shape index (κ1) is 17.8. The van der Waals surface area contributed by atoms with Gasteiger partial charge in [0.1, 0.15) is 0 Å². The molecule has 118 valence electrons. The van der Waals surface area contributed by atoms with E-state index in [9.17, 15) is 13.2 Å². The van der Waals surface area contributed by atoms with E-state index in [-0.39, 0.29) is 25.2 Å². The van der Waals surface area contributed by atoms with Crippen molar-refractivity contribution < 1.29 is 13.2 Å². The second kappa shape index (κ2) is 7.65. The van der Waals surface area contributed by atoms with Crippen LogP contribution in [0.1, 0.15) is 13.8 Å². The Morgan fingerprint density at radius 3 is 2.48 bits per heavy atom. The molecule has 0 saturated heterocycles. The molecule has 0 aliphatic rings. The zero-order valence-corrected chi connectivity index (χ0v) is 14.7. The number of rotatable bonds is 6. The van der Waals surface area contributed by atoms with Crippen molar-refractivity contribution in [3.8, 4) is 0 Å². The molecule has 1 aromatic rings. The fourth-order valence-electron chi connectivity index (χ4n) is 1.70. The Morgan fingerprint density at radius 1 is 1.33 bits per heavy atom. The summed E-state index contributed by atoms with van der Waals surface area (Å²) in [5, 5.41) is 5.31. The van der Waals surface area contributed by atoms with Crippen molar-refractivity contribution in [1.29, 1.82) is 0 Å². The molecule has 2 amide bonds. The Morgan fingerprint density at radius 2 is 1.95 bits per heavy atom. The predicted octanol–water partition coefficient (Wildman–Crippen LogP) is 1.92. The van der Waals surface area contributed by atoms with Crippen molar-refractivity contribution in [2.45, 2.75) is 19.9 Å². The number of carbonyl (C=O) groups excluding carboxylic acids is 1. The van der Waals surface area contributed by atoms with Crippen molar-refractivity contribution in [2.24, 2.45) is 0 Å². The van der Waals surface area contributed by atoms with Gasteiger partial charge in [-0.3, -0.25) is 4.31 Å². The average molecular weight is 378 g/mol. The number of anilines is 1. The molecule has 1 rings (SSSR count). The molecule has 6 nitrogen and oxygen atoms in total. The van der Waals surface area contributed by atoms with E-state index in [1.807, 2.05) is 19.9 Å². The number of hydrogen-bond donors (Lipinski definition) is 2. The lowest BCUT2D eigenvalue weighted by Gasteiger charge is -2.23. The molecule has 1 aromatic carbocycles. The number of carbonyl (C=O) groups is 1. The molecule has 0 spiro atoms. The van der Waals surface area contributed by atoms with Gasteiger partial charge < -0.3 is 10.6 Å². The summed E-state index contributed by atoms with van der Waals surface area (Å²) < 4.78 is 25.8. The summed E-state index contributed by atoms with van der Waals surface area (Å²) in [6, 6.07) is 6.76. The minimum absolute atomic E-state index is 0.0271. The third-order valence-corrected chi connectivity index (χ3v) is 4.39. The van der Waals surface area contributed by atoms with Crippen LogP contribution >= 0.6 is 15.9 Å². The lowest BCUT2D eigenvalue weighted by Crippen LogP contribution is -2.44. The largest absolute Gasteiger partial charge is 0.336 e. The van der Waals surface area contributed by atoms with E-state index in [4.69, 9.17) is 0 Å². The molecule has 0 radical (unpaired) electrons. The van der Waals surface area contributed by atoms with Crippen molar-refractivity contribution in [1.82, 2.24) is 10.6 Å². The maximum absolute atomic E-state index is 11.9. The van der Waals surface area contributed by atoms with Crippen LogP contribution in [0.4, 0.5) is 10.5 Å². The highest BCUT2D eigenvalue weighted by Crippen LogP contribution is 2.27. The van der Waals surface area contributed by atoms with Crippen LogP contribution in [0.15, 0.2) is 28.7 Å². The molecular formula is C13H20BrN3O3S. The number of benzene rings is 1. The Labute approximate surface area is 134 Å². The minimum atomic E-state index is -3.43. The highest BCUT2D eigenvalue weighted by molar-refractivity contribution is 9.10. The molecule has 0 aliphatic carbocycles. The summed E-state index contributed by atoms with van der Waals surface area (Å²) in [6.07, 6.45) is 1.14. The number of hydrogen-bond acceptors (Lipinski definition) is 3. The predicted molar refractivity (Wildman–Crippen MR) is 88.0 cm³/mol. The van der Waals surface area contributed by atoms with Gasteiger partial charge in [-0.15, -0.1) is 0 Å². The van der Waals surface area contributed by atoms with Gasteiger partial charge in [0.15, 0.2) is 0 Å². The van der Waals surface area contributed by atoms with Crippen LogP contribution in [0.5, 0.6) is 0 Å². The fourth-order valence-corrected chi connectivity index (χ4v) is 3.26. The molecule has 0 saturated carbocycles. The molecule has 0 aromatic heterocycles. The molecule has 8 heteroatoms. The van der Waals surface area contributed by atoms with E-state index in [2.05, 4.69) is 26.6 Å². The van der Waals surface area contributed by atoms with Crippen LogP contribution in [-0.4, -0.2) is 39.8 Å². The maximum Gasteiger partial charge on any atom is 0.315 e. The SMILES string of the molecule is CC(C)NC(=O)NCCN(c1ccccc1Br)S(C)(=O)=O. The Bertz CT molecular complexity index is 590. The Hall–Kier alpha value is -1.28. The van der Waals surface area contributed by atoms with Crippen LogP contribution in [0, 0.1) is 0 Å². The van der Waals surface area contributed by atoms with Crippen LogP contribution in [-0.2, 0) is 10.0 Å². The van der Waals surface area contributed by atoms with Crippen LogP contribution in [0.25, 0.3) is 0 Å². The summed E-state index contributed by atoms with van der Waals surface area (Å²) >= 11 is 3.34. The lowest BCUT2D eigenvalue weighted by molar-refractivity contribution is 0.239. The van der Waals surface area contributed by atoms with Gasteiger partial charge >= 0.3 is 6.03 Å². The normalized spacial score (nSPS) is 11.3. The van der Waals surface area contributed by atoms with Gasteiger partial charge in [-0.1, -0.05) is 12.1 Å². The second-order valence-corrected chi connectivity index (χ2v) is 7.60. The number of para-hydroxylation sites is 1. The van der Waals surface area contributed by atoms with Gasteiger partial charge in [-0.25, -0.2) is 13.2 Å². The number of urea groups is 1. The number of amides is 2. The van der Waals surface area contributed by atoms with Crippen LogP contribution in [0.3, 0.4) is 0 Å². The van der Waals surface area contributed by atoms with Crippen molar-refractivity contribution in [3.05, 3.63) is 28.7 Å². The molecule has 0 atom stereocenters. The fraction of sp³-hybridized carbons (Fsp3) is 0.462. The first-order chi connectivity index (χ1) is 9.71. The van der Waals surface area contributed by atoms with Gasteiger partial charge in [0.25, 0.3) is 0 Å². The van der Waals surface area contributed by atoms with E-state index in [0.29, 0.717) is 10.2 Å². The van der Waals surface area contributed by atoms with Crippen LogP contribution in [0.2, 0.25) is 0 Å². The molecule has 0 unspecified atom stereocenters. The first-order valence-corrected chi connectivity index (χ1v) is 9.12. The van der Waals surface area contributed by atoms with E-state index < -0.39 is 10.0 Å². The maximum atomic E-state index is 11.9. The van der Waals surface area contributed by atoms with Crippen molar-refractivity contribution in [3.63, 3.8) is 0 Å². The molecule has 0 aliphatic heterocycles. The third kappa shape index (κ3) is 5.92. The quantitative estimate of drug-likeness (QED) is 0.794. The highest BCUT2D eigenvalue weighted by atomic mass is 79.9. The Kier molecular flexibility index (Phi) is 6.47. The second-order valence-electron chi connectivity index (χ2n) is 4.84. The summed E-state index contributed by atoms with van der Waals surface area (Å²) in [4.78, 5) is 11.5. The van der Waals surface area contributed by atoms with Gasteiger partial charge in [0, 0.05) is 17.1 Å². The molecular weight excluding hydrogens is 358 g/mol. The molecule has 21 heavy (non-hydrogen) atoms.